The number of benzene rings is 1. The number of rotatable bonds is 4. The van der Waals surface area contributed by atoms with Crippen molar-refractivity contribution in [1.82, 2.24) is 5.32 Å². The third-order valence-electron chi connectivity index (χ3n) is 5.15. The lowest BCUT2D eigenvalue weighted by molar-refractivity contribution is 0.323. The first-order valence-electron chi connectivity index (χ1n) is 7.76. The van der Waals surface area contributed by atoms with Crippen molar-refractivity contribution in [2.24, 2.45) is 11.3 Å². The van der Waals surface area contributed by atoms with Gasteiger partial charge < -0.3 is 10.2 Å². The second kappa shape index (κ2) is 5.16. The van der Waals surface area contributed by atoms with Crippen LogP contribution in [-0.4, -0.2) is 26.2 Å². The van der Waals surface area contributed by atoms with Gasteiger partial charge in [-0.3, -0.25) is 0 Å². The highest BCUT2D eigenvalue weighted by atomic mass is 15.1. The van der Waals surface area contributed by atoms with Gasteiger partial charge in [0.1, 0.15) is 0 Å². The van der Waals surface area contributed by atoms with Crippen LogP contribution in [0.4, 0.5) is 5.69 Å². The van der Waals surface area contributed by atoms with Crippen LogP contribution in [-0.2, 0) is 0 Å². The van der Waals surface area contributed by atoms with E-state index < -0.39 is 0 Å². The highest BCUT2D eigenvalue weighted by Gasteiger charge is 2.53. The Hall–Kier alpha value is -1.02. The molecule has 1 aromatic rings. The van der Waals surface area contributed by atoms with E-state index in [0.717, 1.165) is 12.5 Å². The molecule has 1 N–H and O–H groups in total. The summed E-state index contributed by atoms with van der Waals surface area (Å²) >= 11 is 0. The quantitative estimate of drug-likeness (QED) is 0.892. The summed E-state index contributed by atoms with van der Waals surface area (Å²) in [6.45, 7) is 9.29. The van der Waals surface area contributed by atoms with Gasteiger partial charge in [-0.25, -0.2) is 0 Å². The molecule has 1 aromatic carbocycles. The molecule has 2 nitrogen and oxygen atoms in total. The smallest absolute Gasteiger partial charge is 0.0368 e. The van der Waals surface area contributed by atoms with Crippen LogP contribution in [0.1, 0.15) is 31.7 Å². The Kier molecular flexibility index (Phi) is 3.53. The highest BCUT2D eigenvalue weighted by molar-refractivity contribution is 5.48. The van der Waals surface area contributed by atoms with Crippen LogP contribution in [0, 0.1) is 18.3 Å². The fourth-order valence-corrected chi connectivity index (χ4v) is 3.73. The summed E-state index contributed by atoms with van der Waals surface area (Å²) in [6, 6.07) is 8.94. The van der Waals surface area contributed by atoms with Gasteiger partial charge in [0.05, 0.1) is 0 Å². The van der Waals surface area contributed by atoms with Crippen molar-refractivity contribution >= 4 is 5.69 Å². The van der Waals surface area contributed by atoms with Crippen molar-refractivity contribution < 1.29 is 0 Å². The van der Waals surface area contributed by atoms with Gasteiger partial charge in [0.2, 0.25) is 0 Å². The van der Waals surface area contributed by atoms with Crippen molar-refractivity contribution in [3.05, 3.63) is 29.8 Å². The molecular formula is C17H26N2. The molecule has 2 fully saturated rings. The molecule has 1 aliphatic heterocycles. The van der Waals surface area contributed by atoms with Crippen LogP contribution >= 0.6 is 0 Å². The number of anilines is 1. The van der Waals surface area contributed by atoms with Gasteiger partial charge in [-0.2, -0.15) is 0 Å². The van der Waals surface area contributed by atoms with E-state index in [0.29, 0.717) is 5.41 Å². The second-order valence-electron chi connectivity index (χ2n) is 6.39. The standard InChI is InChI=1S/C17H26N2/c1-3-19(16-6-4-5-14(2)11-16)13-15-12-17(15)7-9-18-10-8-17/h4-6,11,15,18H,3,7-10,12-13H2,1-2H3. The molecule has 0 aromatic heterocycles. The maximum Gasteiger partial charge on any atom is 0.0368 e. The van der Waals surface area contributed by atoms with Gasteiger partial charge in [-0.15, -0.1) is 0 Å². The summed E-state index contributed by atoms with van der Waals surface area (Å²) in [5, 5.41) is 3.49. The zero-order valence-corrected chi connectivity index (χ0v) is 12.3. The predicted octanol–water partition coefficient (Wildman–Crippen LogP) is 3.21. The van der Waals surface area contributed by atoms with E-state index in [1.54, 1.807) is 0 Å². The fraction of sp³-hybridized carbons (Fsp3) is 0.647. The van der Waals surface area contributed by atoms with Gasteiger partial charge >= 0.3 is 0 Å². The van der Waals surface area contributed by atoms with Crippen molar-refractivity contribution in [2.75, 3.05) is 31.1 Å². The lowest BCUT2D eigenvalue weighted by Gasteiger charge is -2.28. The van der Waals surface area contributed by atoms with Crippen molar-refractivity contribution in [3.63, 3.8) is 0 Å². The lowest BCUT2D eigenvalue weighted by Crippen LogP contribution is -2.32. The highest BCUT2D eigenvalue weighted by Crippen LogP contribution is 2.58. The molecule has 1 spiro atoms. The van der Waals surface area contributed by atoms with E-state index in [-0.39, 0.29) is 0 Å². The molecule has 2 heteroatoms. The van der Waals surface area contributed by atoms with Crippen LogP contribution < -0.4 is 10.2 Å². The SMILES string of the molecule is CCN(CC1CC12CCNCC2)c1cccc(C)c1. The third kappa shape index (κ3) is 2.64. The summed E-state index contributed by atoms with van der Waals surface area (Å²) in [5.41, 5.74) is 3.46. The summed E-state index contributed by atoms with van der Waals surface area (Å²) in [6.07, 6.45) is 4.24. The Bertz CT molecular complexity index is 435. The van der Waals surface area contributed by atoms with Crippen molar-refractivity contribution in [2.45, 2.75) is 33.1 Å². The average molecular weight is 258 g/mol. The van der Waals surface area contributed by atoms with Gasteiger partial charge in [-0.05, 0) is 75.2 Å². The molecule has 2 aliphatic rings. The Morgan fingerprint density at radius 1 is 1.32 bits per heavy atom. The van der Waals surface area contributed by atoms with Crippen LogP contribution in [0.3, 0.4) is 0 Å². The minimum Gasteiger partial charge on any atom is -0.372 e. The first-order valence-corrected chi connectivity index (χ1v) is 7.76. The van der Waals surface area contributed by atoms with Gasteiger partial charge in [-0.1, -0.05) is 12.1 Å². The van der Waals surface area contributed by atoms with Crippen LogP contribution in [0.2, 0.25) is 0 Å². The monoisotopic (exact) mass is 258 g/mol. The second-order valence-corrected chi connectivity index (χ2v) is 6.39. The number of piperidine rings is 1. The molecule has 1 atom stereocenters. The first-order chi connectivity index (χ1) is 9.23. The Morgan fingerprint density at radius 2 is 2.11 bits per heavy atom. The topological polar surface area (TPSA) is 15.3 Å². The van der Waals surface area contributed by atoms with Crippen LogP contribution in [0.25, 0.3) is 0 Å². The van der Waals surface area contributed by atoms with Gasteiger partial charge in [0.25, 0.3) is 0 Å². The Balaban J connectivity index is 1.65. The Labute approximate surface area is 117 Å². The van der Waals surface area contributed by atoms with E-state index >= 15 is 0 Å². The lowest BCUT2D eigenvalue weighted by atomic mass is 9.92. The summed E-state index contributed by atoms with van der Waals surface area (Å²) in [7, 11) is 0. The molecule has 1 saturated carbocycles. The average Bonchev–Trinajstić information content (AvgIpc) is 3.08. The van der Waals surface area contributed by atoms with Crippen molar-refractivity contribution in [1.29, 1.82) is 0 Å². The van der Waals surface area contributed by atoms with Crippen LogP contribution in [0.5, 0.6) is 0 Å². The molecule has 1 unspecified atom stereocenters. The van der Waals surface area contributed by atoms with E-state index in [4.69, 9.17) is 0 Å². The molecule has 3 rings (SSSR count). The number of nitrogens with zero attached hydrogens (tertiary/aromatic N) is 1. The van der Waals surface area contributed by atoms with E-state index in [9.17, 15) is 0 Å². The predicted molar refractivity (Wildman–Crippen MR) is 81.7 cm³/mol. The van der Waals surface area contributed by atoms with E-state index in [1.807, 2.05) is 0 Å². The zero-order valence-electron chi connectivity index (χ0n) is 12.3. The van der Waals surface area contributed by atoms with Gasteiger partial charge in [0.15, 0.2) is 0 Å². The molecule has 0 bridgehead atoms. The molecule has 104 valence electrons. The maximum absolute atomic E-state index is 3.49. The minimum absolute atomic E-state index is 0.697. The number of nitrogens with one attached hydrogen (secondary N) is 1. The third-order valence-corrected chi connectivity index (χ3v) is 5.15. The Morgan fingerprint density at radius 3 is 2.79 bits per heavy atom. The van der Waals surface area contributed by atoms with Crippen molar-refractivity contribution in [3.8, 4) is 0 Å². The number of hydrogen-bond acceptors (Lipinski definition) is 2. The van der Waals surface area contributed by atoms with Crippen LogP contribution in [0.15, 0.2) is 24.3 Å². The normalized spacial score (nSPS) is 24.4. The summed E-state index contributed by atoms with van der Waals surface area (Å²) < 4.78 is 0. The maximum atomic E-state index is 3.49. The molecule has 19 heavy (non-hydrogen) atoms. The summed E-state index contributed by atoms with van der Waals surface area (Å²) in [4.78, 5) is 2.56. The fourth-order valence-electron chi connectivity index (χ4n) is 3.73. The summed E-state index contributed by atoms with van der Waals surface area (Å²) in [5.74, 6) is 0.926. The molecule has 0 radical (unpaired) electrons. The number of hydrogen-bond donors (Lipinski definition) is 1. The molecule has 1 heterocycles. The molecule has 1 aliphatic carbocycles. The molecule has 0 amide bonds. The largest absolute Gasteiger partial charge is 0.372 e. The van der Waals surface area contributed by atoms with Gasteiger partial charge in [0, 0.05) is 18.8 Å². The first kappa shape index (κ1) is 13.0. The van der Waals surface area contributed by atoms with E-state index in [1.165, 1.54) is 50.1 Å². The number of aryl methyl sites for hydroxylation is 1. The molecule has 1 saturated heterocycles. The zero-order chi connectivity index (χ0) is 13.3. The minimum atomic E-state index is 0.697. The van der Waals surface area contributed by atoms with E-state index in [2.05, 4.69) is 48.3 Å². The molecular weight excluding hydrogens is 232 g/mol.